The molecule has 0 atom stereocenters. The van der Waals surface area contributed by atoms with Crippen LogP contribution in [0.15, 0.2) is 30.6 Å². The Hall–Kier alpha value is -1.22. The molecule has 2 rings (SSSR count). The standard InChI is InChI=1S/C12H16ClN3/c1-12(2,9-13)15(3)11-6-4-5-10-14-7-8-16(10)11/h4-8H,9H2,1-3H3. The number of halogens is 1. The van der Waals surface area contributed by atoms with Crippen molar-refractivity contribution in [3.05, 3.63) is 30.6 Å². The van der Waals surface area contributed by atoms with Crippen LogP contribution in [0.5, 0.6) is 0 Å². The van der Waals surface area contributed by atoms with Crippen LogP contribution in [0.4, 0.5) is 5.82 Å². The summed E-state index contributed by atoms with van der Waals surface area (Å²) in [6.45, 7) is 4.24. The first-order chi connectivity index (χ1) is 7.56. The molecule has 4 heteroatoms. The van der Waals surface area contributed by atoms with Crippen LogP contribution in [0.2, 0.25) is 0 Å². The number of aromatic nitrogens is 2. The number of hydrogen-bond donors (Lipinski definition) is 0. The first-order valence-corrected chi connectivity index (χ1v) is 5.81. The van der Waals surface area contributed by atoms with E-state index in [-0.39, 0.29) is 5.54 Å². The highest BCUT2D eigenvalue weighted by Gasteiger charge is 2.23. The smallest absolute Gasteiger partial charge is 0.138 e. The van der Waals surface area contributed by atoms with E-state index in [1.54, 1.807) is 6.20 Å². The second-order valence-corrected chi connectivity index (χ2v) is 4.81. The SMILES string of the molecule is CN(c1cccc2nccn12)C(C)(C)CCl. The molecule has 0 bridgehead atoms. The van der Waals surface area contributed by atoms with Gasteiger partial charge in [-0.3, -0.25) is 4.40 Å². The zero-order valence-corrected chi connectivity index (χ0v) is 10.6. The average molecular weight is 238 g/mol. The molecule has 0 N–H and O–H groups in total. The third-order valence-corrected chi connectivity index (χ3v) is 3.64. The Morgan fingerprint density at radius 2 is 2.19 bits per heavy atom. The molecule has 0 aliphatic rings. The molecule has 0 aromatic carbocycles. The van der Waals surface area contributed by atoms with Crippen LogP contribution in [0.3, 0.4) is 0 Å². The van der Waals surface area contributed by atoms with E-state index >= 15 is 0 Å². The van der Waals surface area contributed by atoms with Crippen LogP contribution >= 0.6 is 11.6 Å². The number of nitrogens with zero attached hydrogens (tertiary/aromatic N) is 3. The van der Waals surface area contributed by atoms with Crippen molar-refractivity contribution >= 4 is 23.1 Å². The van der Waals surface area contributed by atoms with E-state index in [2.05, 4.69) is 41.2 Å². The van der Waals surface area contributed by atoms with Gasteiger partial charge >= 0.3 is 0 Å². The summed E-state index contributed by atoms with van der Waals surface area (Å²) in [5, 5.41) is 0. The van der Waals surface area contributed by atoms with Crippen LogP contribution in [0.1, 0.15) is 13.8 Å². The van der Waals surface area contributed by atoms with Gasteiger partial charge in [0, 0.05) is 30.9 Å². The number of imidazole rings is 1. The van der Waals surface area contributed by atoms with Gasteiger partial charge in [-0.2, -0.15) is 0 Å². The lowest BCUT2D eigenvalue weighted by Crippen LogP contribution is -2.43. The Morgan fingerprint density at radius 1 is 1.44 bits per heavy atom. The molecule has 0 saturated carbocycles. The third-order valence-electron chi connectivity index (χ3n) is 2.99. The van der Waals surface area contributed by atoms with Crippen molar-refractivity contribution in [1.29, 1.82) is 0 Å². The topological polar surface area (TPSA) is 20.5 Å². The highest BCUT2D eigenvalue weighted by atomic mass is 35.5. The Morgan fingerprint density at radius 3 is 2.88 bits per heavy atom. The summed E-state index contributed by atoms with van der Waals surface area (Å²) < 4.78 is 2.06. The fraction of sp³-hybridized carbons (Fsp3) is 0.417. The van der Waals surface area contributed by atoms with E-state index < -0.39 is 0 Å². The fourth-order valence-electron chi connectivity index (χ4n) is 1.61. The first-order valence-electron chi connectivity index (χ1n) is 5.28. The highest BCUT2D eigenvalue weighted by Crippen LogP contribution is 2.23. The second-order valence-electron chi connectivity index (χ2n) is 4.54. The molecule has 0 fully saturated rings. The first kappa shape index (κ1) is 11.3. The molecule has 2 heterocycles. The van der Waals surface area contributed by atoms with Gasteiger partial charge in [0.1, 0.15) is 11.5 Å². The van der Waals surface area contributed by atoms with Gasteiger partial charge in [-0.1, -0.05) is 6.07 Å². The van der Waals surface area contributed by atoms with Gasteiger partial charge in [-0.15, -0.1) is 11.6 Å². The number of anilines is 1. The molecule has 16 heavy (non-hydrogen) atoms. The van der Waals surface area contributed by atoms with E-state index in [4.69, 9.17) is 11.6 Å². The Kier molecular flexibility index (Phi) is 2.80. The molecule has 0 aliphatic carbocycles. The highest BCUT2D eigenvalue weighted by molar-refractivity contribution is 6.18. The van der Waals surface area contributed by atoms with E-state index in [0.717, 1.165) is 11.5 Å². The predicted octanol–water partition coefficient (Wildman–Crippen LogP) is 2.79. The van der Waals surface area contributed by atoms with Crippen molar-refractivity contribution < 1.29 is 0 Å². The van der Waals surface area contributed by atoms with E-state index in [0.29, 0.717) is 5.88 Å². The van der Waals surface area contributed by atoms with Crippen molar-refractivity contribution in [1.82, 2.24) is 9.38 Å². The van der Waals surface area contributed by atoms with E-state index in [1.807, 2.05) is 18.3 Å². The molecule has 3 nitrogen and oxygen atoms in total. The Labute approximate surface area is 101 Å². The van der Waals surface area contributed by atoms with Crippen LogP contribution in [-0.2, 0) is 0 Å². The average Bonchev–Trinajstić information content (AvgIpc) is 2.75. The fourth-order valence-corrected chi connectivity index (χ4v) is 1.78. The Bertz CT molecular complexity index is 490. The molecule has 0 unspecified atom stereocenters. The summed E-state index contributed by atoms with van der Waals surface area (Å²) in [4.78, 5) is 6.45. The molecule has 0 amide bonds. The van der Waals surface area contributed by atoms with Crippen LogP contribution in [0.25, 0.3) is 5.65 Å². The minimum atomic E-state index is -0.0832. The minimum absolute atomic E-state index is 0.0832. The monoisotopic (exact) mass is 237 g/mol. The third kappa shape index (κ3) is 1.76. The predicted molar refractivity (Wildman–Crippen MR) is 68.4 cm³/mol. The zero-order valence-electron chi connectivity index (χ0n) is 9.81. The zero-order chi connectivity index (χ0) is 11.8. The molecule has 86 valence electrons. The summed E-state index contributed by atoms with van der Waals surface area (Å²) >= 11 is 6.00. The second kappa shape index (κ2) is 3.98. The number of alkyl halides is 1. The number of pyridine rings is 1. The molecular formula is C12H16ClN3. The molecule has 2 aromatic heterocycles. The molecule has 0 spiro atoms. The summed E-state index contributed by atoms with van der Waals surface area (Å²) in [7, 11) is 2.05. The molecule has 2 aromatic rings. The van der Waals surface area contributed by atoms with Crippen LogP contribution in [-0.4, -0.2) is 27.9 Å². The van der Waals surface area contributed by atoms with Crippen LogP contribution in [0, 0.1) is 0 Å². The van der Waals surface area contributed by atoms with Crippen molar-refractivity contribution in [2.24, 2.45) is 0 Å². The van der Waals surface area contributed by atoms with Gasteiger partial charge in [0.05, 0.1) is 0 Å². The minimum Gasteiger partial charge on any atom is -0.354 e. The van der Waals surface area contributed by atoms with Crippen molar-refractivity contribution in [3.8, 4) is 0 Å². The summed E-state index contributed by atoms with van der Waals surface area (Å²) in [6, 6.07) is 6.08. The number of hydrogen-bond acceptors (Lipinski definition) is 2. The van der Waals surface area contributed by atoms with Gasteiger partial charge < -0.3 is 4.90 Å². The quantitative estimate of drug-likeness (QED) is 0.766. The maximum atomic E-state index is 6.00. The normalized spacial score (nSPS) is 12.0. The summed E-state index contributed by atoms with van der Waals surface area (Å²) in [5.74, 6) is 1.68. The lowest BCUT2D eigenvalue weighted by molar-refractivity contribution is 0.538. The summed E-state index contributed by atoms with van der Waals surface area (Å²) in [6.07, 6.45) is 3.77. The molecule has 0 aliphatic heterocycles. The lowest BCUT2D eigenvalue weighted by atomic mass is 10.1. The van der Waals surface area contributed by atoms with Gasteiger partial charge in [0.2, 0.25) is 0 Å². The van der Waals surface area contributed by atoms with E-state index in [1.165, 1.54) is 0 Å². The molecular weight excluding hydrogens is 222 g/mol. The largest absolute Gasteiger partial charge is 0.354 e. The van der Waals surface area contributed by atoms with Gasteiger partial charge in [-0.05, 0) is 26.0 Å². The van der Waals surface area contributed by atoms with Crippen molar-refractivity contribution in [3.63, 3.8) is 0 Å². The summed E-state index contributed by atoms with van der Waals surface area (Å²) in [5.41, 5.74) is 0.870. The van der Waals surface area contributed by atoms with Crippen molar-refractivity contribution in [2.45, 2.75) is 19.4 Å². The maximum absolute atomic E-state index is 6.00. The van der Waals surface area contributed by atoms with Crippen LogP contribution < -0.4 is 4.90 Å². The number of rotatable bonds is 3. The Balaban J connectivity index is 2.51. The van der Waals surface area contributed by atoms with Gasteiger partial charge in [-0.25, -0.2) is 4.98 Å². The van der Waals surface area contributed by atoms with Crippen molar-refractivity contribution in [2.75, 3.05) is 17.8 Å². The molecule has 0 saturated heterocycles. The van der Waals surface area contributed by atoms with Gasteiger partial charge in [0.15, 0.2) is 0 Å². The molecule has 0 radical (unpaired) electrons. The van der Waals surface area contributed by atoms with E-state index in [9.17, 15) is 0 Å². The maximum Gasteiger partial charge on any atom is 0.138 e. The lowest BCUT2D eigenvalue weighted by Gasteiger charge is -2.36. The number of fused-ring (bicyclic) bond motifs is 1. The van der Waals surface area contributed by atoms with Gasteiger partial charge in [0.25, 0.3) is 0 Å².